The Hall–Kier alpha value is -3.55. The highest BCUT2D eigenvalue weighted by Gasteiger charge is 2.24. The third-order valence-electron chi connectivity index (χ3n) is 3.91. The second-order valence-electron chi connectivity index (χ2n) is 5.33. The van der Waals surface area contributed by atoms with Gasteiger partial charge in [-0.1, -0.05) is 0 Å². The lowest BCUT2D eigenvalue weighted by atomic mass is 10.1. The largest absolute Gasteiger partial charge is 0.507 e. The fraction of sp³-hybridized carbons (Fsp3) is 0.167. The molecule has 3 rings (SSSR count). The van der Waals surface area contributed by atoms with Crippen LogP contribution >= 0.6 is 0 Å². The highest BCUT2D eigenvalue weighted by atomic mass is 16.5. The molecule has 0 aliphatic rings. The lowest BCUT2D eigenvalue weighted by Gasteiger charge is -2.13. The monoisotopic (exact) mass is 360 g/mol. The van der Waals surface area contributed by atoms with Crippen molar-refractivity contribution in [2.45, 2.75) is 0 Å². The molecule has 0 radical (unpaired) electrons. The fourth-order valence-electron chi connectivity index (χ4n) is 2.66. The zero-order chi connectivity index (χ0) is 19.0. The van der Waals surface area contributed by atoms with Crippen molar-refractivity contribution in [2.24, 2.45) is 0 Å². The van der Waals surface area contributed by atoms with Crippen molar-refractivity contribution in [1.29, 1.82) is 0 Å². The molecule has 0 atom stereocenters. The van der Waals surface area contributed by atoms with E-state index in [2.05, 4.69) is 0 Å². The second kappa shape index (κ2) is 6.40. The summed E-state index contributed by atoms with van der Waals surface area (Å²) >= 11 is 0. The van der Waals surface area contributed by atoms with Gasteiger partial charge in [0, 0.05) is 11.6 Å². The molecule has 1 aromatic heterocycles. The molecule has 0 spiro atoms. The summed E-state index contributed by atoms with van der Waals surface area (Å²) in [6.07, 6.45) is 0. The number of rotatable bonds is 4. The molecule has 0 amide bonds. The van der Waals surface area contributed by atoms with Gasteiger partial charge >= 0.3 is 0 Å². The minimum Gasteiger partial charge on any atom is -0.507 e. The topological polar surface area (TPSA) is 119 Å². The summed E-state index contributed by atoms with van der Waals surface area (Å²) in [5.41, 5.74) is -0.725. The van der Waals surface area contributed by atoms with Crippen LogP contribution in [0.15, 0.2) is 33.5 Å². The summed E-state index contributed by atoms with van der Waals surface area (Å²) in [5.74, 6) is -1.10. The Balaban J connectivity index is 2.39. The fourth-order valence-corrected chi connectivity index (χ4v) is 2.66. The van der Waals surface area contributed by atoms with Gasteiger partial charge in [-0.15, -0.1) is 0 Å². The van der Waals surface area contributed by atoms with Crippen LogP contribution < -0.4 is 19.6 Å². The molecular weight excluding hydrogens is 344 g/mol. The van der Waals surface area contributed by atoms with Crippen LogP contribution in [-0.4, -0.2) is 36.6 Å². The van der Waals surface area contributed by atoms with Crippen molar-refractivity contribution < 1.29 is 33.9 Å². The summed E-state index contributed by atoms with van der Waals surface area (Å²) in [6, 6.07) is 5.41. The van der Waals surface area contributed by atoms with Gasteiger partial charge in [0.15, 0.2) is 28.6 Å². The van der Waals surface area contributed by atoms with Gasteiger partial charge in [-0.3, -0.25) is 4.79 Å². The molecule has 0 bridgehead atoms. The molecule has 26 heavy (non-hydrogen) atoms. The Morgan fingerprint density at radius 1 is 0.885 bits per heavy atom. The minimum absolute atomic E-state index is 0.0800. The molecule has 0 unspecified atom stereocenters. The lowest BCUT2D eigenvalue weighted by Crippen LogP contribution is -2.05. The number of fused-ring (bicyclic) bond motifs is 1. The van der Waals surface area contributed by atoms with Crippen molar-refractivity contribution in [3.63, 3.8) is 0 Å². The SMILES string of the molecule is COc1ccc(-c2oc3c(OC)c(OC)cc(O)c3c(=O)c2O)cc1O. The van der Waals surface area contributed by atoms with Crippen LogP contribution in [-0.2, 0) is 0 Å². The zero-order valence-electron chi connectivity index (χ0n) is 14.2. The van der Waals surface area contributed by atoms with E-state index in [9.17, 15) is 20.1 Å². The van der Waals surface area contributed by atoms with Gasteiger partial charge in [0.05, 0.1) is 21.3 Å². The molecule has 1 heterocycles. The maximum atomic E-state index is 12.6. The minimum atomic E-state index is -0.852. The van der Waals surface area contributed by atoms with E-state index in [1.165, 1.54) is 45.6 Å². The molecule has 8 heteroatoms. The van der Waals surface area contributed by atoms with Crippen LogP contribution in [0, 0.1) is 0 Å². The molecule has 0 aliphatic carbocycles. The quantitative estimate of drug-likeness (QED) is 0.650. The number of phenols is 2. The van der Waals surface area contributed by atoms with Crippen LogP contribution in [0.2, 0.25) is 0 Å². The smallest absolute Gasteiger partial charge is 0.238 e. The van der Waals surface area contributed by atoms with Crippen LogP contribution in [0.4, 0.5) is 0 Å². The number of aromatic hydroxyl groups is 3. The van der Waals surface area contributed by atoms with E-state index in [1.807, 2.05) is 0 Å². The van der Waals surface area contributed by atoms with Crippen molar-refractivity contribution >= 4 is 11.0 Å². The average Bonchev–Trinajstić information content (AvgIpc) is 2.63. The highest BCUT2D eigenvalue weighted by molar-refractivity contribution is 5.93. The van der Waals surface area contributed by atoms with Gasteiger partial charge in [-0.05, 0) is 18.2 Å². The highest BCUT2D eigenvalue weighted by Crippen LogP contribution is 2.43. The van der Waals surface area contributed by atoms with Crippen LogP contribution in [0.5, 0.6) is 34.5 Å². The van der Waals surface area contributed by atoms with Gasteiger partial charge < -0.3 is 33.9 Å². The van der Waals surface area contributed by atoms with E-state index in [4.69, 9.17) is 18.6 Å². The van der Waals surface area contributed by atoms with Crippen LogP contribution in [0.25, 0.3) is 22.3 Å². The van der Waals surface area contributed by atoms with E-state index >= 15 is 0 Å². The Bertz CT molecular complexity index is 1050. The predicted molar refractivity (Wildman–Crippen MR) is 92.6 cm³/mol. The number of hydrogen-bond acceptors (Lipinski definition) is 8. The Labute approximate surface area is 147 Å². The Morgan fingerprint density at radius 3 is 2.15 bits per heavy atom. The summed E-state index contributed by atoms with van der Waals surface area (Å²) in [6.45, 7) is 0. The number of methoxy groups -OCH3 is 3. The first kappa shape index (κ1) is 17.3. The van der Waals surface area contributed by atoms with Gasteiger partial charge in [-0.25, -0.2) is 0 Å². The van der Waals surface area contributed by atoms with Crippen molar-refractivity contribution in [1.82, 2.24) is 0 Å². The number of hydrogen-bond donors (Lipinski definition) is 3. The van der Waals surface area contributed by atoms with E-state index in [-0.39, 0.29) is 45.3 Å². The molecule has 0 saturated carbocycles. The molecule has 0 fully saturated rings. The Kier molecular flexibility index (Phi) is 4.25. The first-order valence-electron chi connectivity index (χ1n) is 7.44. The molecule has 2 aromatic carbocycles. The van der Waals surface area contributed by atoms with Crippen LogP contribution in [0.3, 0.4) is 0 Å². The molecule has 3 N–H and O–H groups in total. The Morgan fingerprint density at radius 2 is 1.58 bits per heavy atom. The zero-order valence-corrected chi connectivity index (χ0v) is 14.2. The standard InChI is InChI=1S/C18H16O8/c1-23-11-5-4-8(6-9(11)19)16-15(22)14(21)13-10(20)7-12(24-2)17(25-3)18(13)26-16/h4-7,19-20,22H,1-3H3. The molecule has 136 valence electrons. The summed E-state index contributed by atoms with van der Waals surface area (Å²) in [4.78, 5) is 12.6. The molecule has 3 aromatic rings. The van der Waals surface area contributed by atoms with E-state index < -0.39 is 16.9 Å². The van der Waals surface area contributed by atoms with Gasteiger partial charge in [0.25, 0.3) is 0 Å². The predicted octanol–water partition coefficient (Wildman–Crippen LogP) is 2.60. The van der Waals surface area contributed by atoms with E-state index in [1.54, 1.807) is 0 Å². The molecular formula is C18H16O8. The van der Waals surface area contributed by atoms with Gasteiger partial charge in [0.2, 0.25) is 16.9 Å². The second-order valence-corrected chi connectivity index (χ2v) is 5.33. The average molecular weight is 360 g/mol. The number of phenolic OH excluding ortho intramolecular Hbond substituents is 2. The van der Waals surface area contributed by atoms with Crippen molar-refractivity contribution in [3.05, 3.63) is 34.5 Å². The summed E-state index contributed by atoms with van der Waals surface area (Å²) in [5, 5.41) is 30.1. The third-order valence-corrected chi connectivity index (χ3v) is 3.91. The first-order valence-corrected chi connectivity index (χ1v) is 7.44. The van der Waals surface area contributed by atoms with Crippen molar-refractivity contribution in [3.8, 4) is 45.8 Å². The third kappa shape index (κ3) is 2.52. The molecule has 0 saturated heterocycles. The van der Waals surface area contributed by atoms with Gasteiger partial charge in [0.1, 0.15) is 11.1 Å². The summed E-state index contributed by atoms with van der Waals surface area (Å²) in [7, 11) is 4.10. The van der Waals surface area contributed by atoms with E-state index in [0.29, 0.717) is 0 Å². The van der Waals surface area contributed by atoms with Gasteiger partial charge in [-0.2, -0.15) is 0 Å². The maximum Gasteiger partial charge on any atom is 0.238 e. The van der Waals surface area contributed by atoms with Crippen LogP contribution in [0.1, 0.15) is 0 Å². The molecule has 8 nitrogen and oxygen atoms in total. The maximum absolute atomic E-state index is 12.6. The molecule has 0 aliphatic heterocycles. The normalized spacial score (nSPS) is 10.7. The van der Waals surface area contributed by atoms with E-state index in [0.717, 1.165) is 0 Å². The number of ether oxygens (including phenoxy) is 3. The summed E-state index contributed by atoms with van der Waals surface area (Å²) < 4.78 is 21.0. The number of benzene rings is 2. The van der Waals surface area contributed by atoms with Crippen molar-refractivity contribution in [2.75, 3.05) is 21.3 Å². The lowest BCUT2D eigenvalue weighted by molar-refractivity contribution is 0.349. The first-order chi connectivity index (χ1) is 12.4.